The van der Waals surface area contributed by atoms with E-state index in [0.717, 1.165) is 22.2 Å². The van der Waals surface area contributed by atoms with Gasteiger partial charge in [0.1, 0.15) is 0 Å². The summed E-state index contributed by atoms with van der Waals surface area (Å²) in [5.41, 5.74) is 4.09. The van der Waals surface area contributed by atoms with E-state index >= 15 is 0 Å². The van der Waals surface area contributed by atoms with Gasteiger partial charge in [0.05, 0.1) is 17.8 Å². The summed E-state index contributed by atoms with van der Waals surface area (Å²) < 4.78 is 6.62. The van der Waals surface area contributed by atoms with Gasteiger partial charge in [0.15, 0.2) is 0 Å². The van der Waals surface area contributed by atoms with Gasteiger partial charge in [0, 0.05) is 28.0 Å². The van der Waals surface area contributed by atoms with Crippen molar-refractivity contribution < 1.29 is 4.74 Å². The average Bonchev–Trinajstić information content (AvgIpc) is 2.70. The third kappa shape index (κ3) is 3.26. The van der Waals surface area contributed by atoms with Crippen LogP contribution in [0.1, 0.15) is 16.1 Å². The molecule has 0 amide bonds. The van der Waals surface area contributed by atoms with Gasteiger partial charge in [0.25, 0.3) is 0 Å². The molecule has 2 rings (SSSR count). The fourth-order valence-electron chi connectivity index (χ4n) is 1.41. The molecule has 90 valence electrons. The molecule has 0 unspecified atom stereocenters. The molecule has 2 aromatic rings. The first-order chi connectivity index (χ1) is 8.16. The summed E-state index contributed by atoms with van der Waals surface area (Å²) in [6.45, 7) is 4.68. The fraction of sp³-hybridized carbons (Fsp3) is 0.333. The maximum Gasteiger partial charge on any atom is 0.213 e. The molecule has 0 spiro atoms. The number of nitrogens with zero attached hydrogens (tertiary/aromatic N) is 2. The van der Waals surface area contributed by atoms with Crippen LogP contribution in [0.4, 0.5) is 0 Å². The third-order valence-corrected chi connectivity index (χ3v) is 4.27. The van der Waals surface area contributed by atoms with E-state index in [1.165, 1.54) is 4.88 Å². The SMILES string of the molecule is Cc1cc(OCCc2scnc2C)ncc1Br. The Labute approximate surface area is 113 Å². The lowest BCUT2D eigenvalue weighted by Crippen LogP contribution is -2.02. The van der Waals surface area contributed by atoms with E-state index in [1.54, 1.807) is 17.5 Å². The van der Waals surface area contributed by atoms with Gasteiger partial charge in [-0.05, 0) is 35.3 Å². The second kappa shape index (κ2) is 5.60. The highest BCUT2D eigenvalue weighted by molar-refractivity contribution is 9.10. The van der Waals surface area contributed by atoms with Gasteiger partial charge in [-0.25, -0.2) is 9.97 Å². The van der Waals surface area contributed by atoms with Crippen LogP contribution in [0.3, 0.4) is 0 Å². The Morgan fingerprint density at radius 3 is 2.82 bits per heavy atom. The molecule has 0 saturated heterocycles. The van der Waals surface area contributed by atoms with Crippen molar-refractivity contribution in [1.29, 1.82) is 0 Å². The van der Waals surface area contributed by atoms with E-state index in [-0.39, 0.29) is 0 Å². The molecule has 0 fully saturated rings. The van der Waals surface area contributed by atoms with Gasteiger partial charge >= 0.3 is 0 Å². The molecule has 2 aromatic heterocycles. The number of hydrogen-bond donors (Lipinski definition) is 0. The number of aromatic nitrogens is 2. The average molecular weight is 313 g/mol. The predicted molar refractivity (Wildman–Crippen MR) is 72.7 cm³/mol. The van der Waals surface area contributed by atoms with Gasteiger partial charge in [-0.2, -0.15) is 0 Å². The summed E-state index contributed by atoms with van der Waals surface area (Å²) in [6.07, 6.45) is 2.65. The zero-order valence-electron chi connectivity index (χ0n) is 9.74. The number of pyridine rings is 1. The van der Waals surface area contributed by atoms with Crippen LogP contribution in [-0.2, 0) is 6.42 Å². The Bertz CT molecular complexity index is 513. The van der Waals surface area contributed by atoms with Gasteiger partial charge in [-0.3, -0.25) is 0 Å². The van der Waals surface area contributed by atoms with Crippen LogP contribution >= 0.6 is 27.3 Å². The van der Waals surface area contributed by atoms with Gasteiger partial charge in [0.2, 0.25) is 5.88 Å². The Morgan fingerprint density at radius 2 is 2.18 bits per heavy atom. The second-order valence-corrected chi connectivity index (χ2v) is 5.52. The topological polar surface area (TPSA) is 35.0 Å². The molecule has 3 nitrogen and oxygen atoms in total. The van der Waals surface area contributed by atoms with Crippen LogP contribution in [-0.4, -0.2) is 16.6 Å². The van der Waals surface area contributed by atoms with Crippen LogP contribution in [0, 0.1) is 13.8 Å². The first-order valence-corrected chi connectivity index (χ1v) is 6.98. The molecule has 0 aliphatic carbocycles. The molecule has 0 atom stereocenters. The molecule has 5 heteroatoms. The molecule has 0 aliphatic heterocycles. The Kier molecular flexibility index (Phi) is 4.12. The maximum absolute atomic E-state index is 5.62. The van der Waals surface area contributed by atoms with Crippen molar-refractivity contribution in [3.05, 3.63) is 38.4 Å². The summed E-state index contributed by atoms with van der Waals surface area (Å²) in [6, 6.07) is 1.93. The Hall–Kier alpha value is -0.940. The minimum absolute atomic E-state index is 0.636. The van der Waals surface area contributed by atoms with E-state index in [2.05, 4.69) is 25.9 Å². The summed E-state index contributed by atoms with van der Waals surface area (Å²) >= 11 is 5.09. The quantitative estimate of drug-likeness (QED) is 0.866. The van der Waals surface area contributed by atoms with Gasteiger partial charge in [-0.1, -0.05) is 0 Å². The first kappa shape index (κ1) is 12.5. The Balaban J connectivity index is 1.90. The van der Waals surface area contributed by atoms with Crippen LogP contribution in [0.2, 0.25) is 0 Å². The minimum atomic E-state index is 0.636. The standard InChI is InChI=1S/C12H13BrN2OS/c1-8-5-12(14-6-10(8)13)16-4-3-11-9(2)15-7-17-11/h5-7H,3-4H2,1-2H3. The molecule has 0 saturated carbocycles. The zero-order chi connectivity index (χ0) is 12.3. The number of hydrogen-bond acceptors (Lipinski definition) is 4. The normalized spacial score (nSPS) is 10.5. The van der Waals surface area contributed by atoms with Crippen molar-refractivity contribution in [3.8, 4) is 5.88 Å². The molecular formula is C12H13BrN2OS. The van der Waals surface area contributed by atoms with Crippen molar-refractivity contribution in [2.75, 3.05) is 6.61 Å². The molecular weight excluding hydrogens is 300 g/mol. The van der Waals surface area contributed by atoms with Crippen LogP contribution in [0.15, 0.2) is 22.2 Å². The van der Waals surface area contributed by atoms with E-state index < -0.39 is 0 Å². The smallest absolute Gasteiger partial charge is 0.213 e. The molecule has 0 bridgehead atoms. The van der Waals surface area contributed by atoms with E-state index in [0.29, 0.717) is 12.5 Å². The molecule has 0 N–H and O–H groups in total. The zero-order valence-corrected chi connectivity index (χ0v) is 12.1. The van der Waals surface area contributed by atoms with Crippen LogP contribution in [0.25, 0.3) is 0 Å². The first-order valence-electron chi connectivity index (χ1n) is 5.30. The fourth-order valence-corrected chi connectivity index (χ4v) is 2.39. The minimum Gasteiger partial charge on any atom is -0.477 e. The third-order valence-electron chi connectivity index (χ3n) is 2.45. The molecule has 2 heterocycles. The summed E-state index contributed by atoms with van der Waals surface area (Å²) in [4.78, 5) is 9.68. The summed E-state index contributed by atoms with van der Waals surface area (Å²) in [5.74, 6) is 0.674. The van der Waals surface area contributed by atoms with E-state index in [1.807, 2.05) is 25.4 Å². The Morgan fingerprint density at radius 1 is 1.35 bits per heavy atom. The number of aryl methyl sites for hydroxylation is 2. The van der Waals surface area contributed by atoms with Crippen LogP contribution in [0.5, 0.6) is 5.88 Å². The summed E-state index contributed by atoms with van der Waals surface area (Å²) in [7, 11) is 0. The van der Waals surface area contributed by atoms with Crippen molar-refractivity contribution in [2.24, 2.45) is 0 Å². The number of thiazole rings is 1. The molecule has 17 heavy (non-hydrogen) atoms. The van der Waals surface area contributed by atoms with Crippen molar-refractivity contribution in [1.82, 2.24) is 9.97 Å². The predicted octanol–water partition coefficient (Wildman–Crippen LogP) is 3.54. The van der Waals surface area contributed by atoms with Gasteiger partial charge < -0.3 is 4.74 Å². The largest absolute Gasteiger partial charge is 0.477 e. The number of halogens is 1. The van der Waals surface area contributed by atoms with E-state index in [4.69, 9.17) is 4.74 Å². The van der Waals surface area contributed by atoms with Crippen LogP contribution < -0.4 is 4.74 Å². The highest BCUT2D eigenvalue weighted by atomic mass is 79.9. The van der Waals surface area contributed by atoms with Crippen molar-refractivity contribution in [3.63, 3.8) is 0 Å². The maximum atomic E-state index is 5.62. The lowest BCUT2D eigenvalue weighted by molar-refractivity contribution is 0.310. The molecule has 0 radical (unpaired) electrons. The number of rotatable bonds is 4. The number of ether oxygens (including phenoxy) is 1. The monoisotopic (exact) mass is 312 g/mol. The molecule has 0 aliphatic rings. The highest BCUT2D eigenvalue weighted by Gasteiger charge is 2.03. The van der Waals surface area contributed by atoms with Gasteiger partial charge in [-0.15, -0.1) is 11.3 Å². The summed E-state index contributed by atoms with van der Waals surface area (Å²) in [5, 5.41) is 0. The van der Waals surface area contributed by atoms with Crippen molar-refractivity contribution in [2.45, 2.75) is 20.3 Å². The second-order valence-electron chi connectivity index (χ2n) is 3.73. The lowest BCUT2D eigenvalue weighted by atomic mass is 10.3. The molecule has 0 aromatic carbocycles. The lowest BCUT2D eigenvalue weighted by Gasteiger charge is -2.06. The van der Waals surface area contributed by atoms with Crippen molar-refractivity contribution >= 4 is 27.3 Å². The highest BCUT2D eigenvalue weighted by Crippen LogP contribution is 2.19. The van der Waals surface area contributed by atoms with E-state index in [9.17, 15) is 0 Å².